The molecule has 1 heterocycles. The van der Waals surface area contributed by atoms with E-state index in [0.717, 1.165) is 11.6 Å². The SMILES string of the molecule is O=C(/C=C/c1ccc(Cl)cc1)c1ccc(OCC(O)(Cn2cncn2)c2ccc(F)cc2F)cc1. The van der Waals surface area contributed by atoms with Crippen molar-refractivity contribution in [2.45, 2.75) is 12.1 Å². The molecule has 0 saturated carbocycles. The number of aromatic nitrogens is 3. The molecule has 0 bridgehead atoms. The van der Waals surface area contributed by atoms with Gasteiger partial charge in [-0.3, -0.25) is 4.79 Å². The topological polar surface area (TPSA) is 77.2 Å². The Labute approximate surface area is 205 Å². The minimum atomic E-state index is -1.87. The summed E-state index contributed by atoms with van der Waals surface area (Å²) in [5, 5.41) is 15.8. The molecule has 4 rings (SSSR count). The summed E-state index contributed by atoms with van der Waals surface area (Å²) in [5.74, 6) is -1.53. The van der Waals surface area contributed by atoms with Crippen LogP contribution in [0.5, 0.6) is 5.75 Å². The third kappa shape index (κ3) is 6.17. The molecule has 1 atom stereocenters. The number of benzene rings is 3. The van der Waals surface area contributed by atoms with Crippen LogP contribution in [0.2, 0.25) is 5.02 Å². The number of halogens is 3. The van der Waals surface area contributed by atoms with Crippen molar-refractivity contribution in [1.82, 2.24) is 14.8 Å². The van der Waals surface area contributed by atoms with Gasteiger partial charge in [-0.05, 0) is 54.1 Å². The predicted octanol–water partition coefficient (Wildman–Crippen LogP) is 5.07. The Kier molecular flexibility index (Phi) is 7.33. The standard InChI is InChI=1S/C26H20ClF2N3O3/c27-20-6-1-18(2-7-20)3-12-25(33)19-4-9-22(10-5-19)35-15-26(34,14-32-17-30-16-31-32)23-11-8-21(28)13-24(23)29/h1-13,16-17,34H,14-15H2/b12-3+. The molecular formula is C26H20ClF2N3O3. The van der Waals surface area contributed by atoms with Crippen LogP contribution in [0, 0.1) is 11.6 Å². The summed E-state index contributed by atoms with van der Waals surface area (Å²) in [5.41, 5.74) is -0.748. The molecule has 0 amide bonds. The molecule has 0 aliphatic carbocycles. The minimum Gasteiger partial charge on any atom is -0.490 e. The van der Waals surface area contributed by atoms with Crippen LogP contribution >= 0.6 is 11.6 Å². The Morgan fingerprint density at radius 2 is 1.83 bits per heavy atom. The van der Waals surface area contributed by atoms with Gasteiger partial charge in [-0.2, -0.15) is 5.10 Å². The molecule has 1 aromatic heterocycles. The van der Waals surface area contributed by atoms with Crippen LogP contribution in [0.25, 0.3) is 6.08 Å². The fourth-order valence-electron chi connectivity index (χ4n) is 3.42. The lowest BCUT2D eigenvalue weighted by atomic mass is 9.94. The van der Waals surface area contributed by atoms with Crippen LogP contribution < -0.4 is 4.74 Å². The van der Waals surface area contributed by atoms with E-state index in [-0.39, 0.29) is 24.5 Å². The summed E-state index contributed by atoms with van der Waals surface area (Å²) < 4.78 is 35.0. The van der Waals surface area contributed by atoms with Gasteiger partial charge in [0.2, 0.25) is 0 Å². The van der Waals surface area contributed by atoms with E-state index in [1.165, 1.54) is 29.5 Å². The van der Waals surface area contributed by atoms with Crippen molar-refractivity contribution in [1.29, 1.82) is 0 Å². The van der Waals surface area contributed by atoms with Crippen molar-refractivity contribution in [3.63, 3.8) is 0 Å². The number of carbonyl (C=O) groups excluding carboxylic acids is 1. The van der Waals surface area contributed by atoms with E-state index >= 15 is 0 Å². The molecule has 0 saturated heterocycles. The molecule has 0 aliphatic rings. The highest BCUT2D eigenvalue weighted by Gasteiger charge is 2.34. The van der Waals surface area contributed by atoms with Gasteiger partial charge in [0.05, 0.1) is 6.54 Å². The van der Waals surface area contributed by atoms with Crippen molar-refractivity contribution in [2.75, 3.05) is 6.61 Å². The number of nitrogens with zero attached hydrogens (tertiary/aromatic N) is 3. The number of allylic oxidation sites excluding steroid dienone is 1. The zero-order valence-corrected chi connectivity index (χ0v) is 19.1. The number of carbonyl (C=O) groups is 1. The smallest absolute Gasteiger partial charge is 0.185 e. The largest absolute Gasteiger partial charge is 0.490 e. The zero-order valence-electron chi connectivity index (χ0n) is 18.3. The summed E-state index contributed by atoms with van der Waals surface area (Å²) >= 11 is 5.86. The Morgan fingerprint density at radius 3 is 2.49 bits per heavy atom. The van der Waals surface area contributed by atoms with Gasteiger partial charge < -0.3 is 9.84 Å². The predicted molar refractivity (Wildman–Crippen MR) is 127 cm³/mol. The second-order valence-electron chi connectivity index (χ2n) is 7.81. The van der Waals surface area contributed by atoms with E-state index in [9.17, 15) is 18.7 Å². The maximum atomic E-state index is 14.5. The Morgan fingerprint density at radius 1 is 1.09 bits per heavy atom. The van der Waals surface area contributed by atoms with Crippen LogP contribution in [0.1, 0.15) is 21.5 Å². The number of rotatable bonds is 9. The minimum absolute atomic E-state index is 0.145. The van der Waals surface area contributed by atoms with Gasteiger partial charge in [0.25, 0.3) is 0 Å². The number of ether oxygens (including phenoxy) is 1. The van der Waals surface area contributed by atoms with Crippen molar-refractivity contribution < 1.29 is 23.4 Å². The lowest BCUT2D eigenvalue weighted by Crippen LogP contribution is -2.39. The molecule has 9 heteroatoms. The van der Waals surface area contributed by atoms with Crippen LogP contribution in [-0.4, -0.2) is 32.3 Å². The maximum absolute atomic E-state index is 14.5. The normalized spacial score (nSPS) is 13.0. The Bertz CT molecular complexity index is 1330. The first-order valence-corrected chi connectivity index (χ1v) is 10.9. The van der Waals surface area contributed by atoms with Gasteiger partial charge in [0.1, 0.15) is 42.2 Å². The monoisotopic (exact) mass is 495 g/mol. The second kappa shape index (κ2) is 10.6. The van der Waals surface area contributed by atoms with E-state index in [4.69, 9.17) is 16.3 Å². The highest BCUT2D eigenvalue weighted by Crippen LogP contribution is 2.28. The third-order valence-electron chi connectivity index (χ3n) is 5.24. The van der Waals surface area contributed by atoms with Gasteiger partial charge >= 0.3 is 0 Å². The zero-order chi connectivity index (χ0) is 24.8. The first-order valence-electron chi connectivity index (χ1n) is 10.5. The van der Waals surface area contributed by atoms with Crippen LogP contribution in [0.15, 0.2) is 85.5 Å². The molecular weight excluding hydrogens is 476 g/mol. The highest BCUT2D eigenvalue weighted by atomic mass is 35.5. The van der Waals surface area contributed by atoms with Crippen molar-refractivity contribution >= 4 is 23.5 Å². The summed E-state index contributed by atoms with van der Waals surface area (Å²) in [7, 11) is 0. The summed E-state index contributed by atoms with van der Waals surface area (Å²) in [6, 6.07) is 16.3. The van der Waals surface area contributed by atoms with E-state index < -0.39 is 17.2 Å². The quantitative estimate of drug-likeness (QED) is 0.259. The Hall–Kier alpha value is -3.88. The summed E-state index contributed by atoms with van der Waals surface area (Å²) in [4.78, 5) is 16.3. The number of ketones is 1. The lowest BCUT2D eigenvalue weighted by Gasteiger charge is -2.29. The average Bonchev–Trinajstić information content (AvgIpc) is 3.35. The van der Waals surface area contributed by atoms with Gasteiger partial charge in [0, 0.05) is 22.2 Å². The van der Waals surface area contributed by atoms with Crippen LogP contribution in [0.3, 0.4) is 0 Å². The van der Waals surface area contributed by atoms with E-state index in [1.807, 2.05) is 0 Å². The molecule has 1 unspecified atom stereocenters. The molecule has 178 valence electrons. The van der Waals surface area contributed by atoms with Gasteiger partial charge in [-0.25, -0.2) is 18.4 Å². The third-order valence-corrected chi connectivity index (χ3v) is 5.49. The van der Waals surface area contributed by atoms with Crippen LogP contribution in [-0.2, 0) is 12.1 Å². The number of aliphatic hydroxyl groups is 1. The fourth-order valence-corrected chi connectivity index (χ4v) is 3.54. The van der Waals surface area contributed by atoms with Crippen LogP contribution in [0.4, 0.5) is 8.78 Å². The van der Waals surface area contributed by atoms with E-state index in [0.29, 0.717) is 22.4 Å². The van der Waals surface area contributed by atoms with E-state index in [1.54, 1.807) is 54.6 Å². The fraction of sp³-hybridized carbons (Fsp3) is 0.115. The van der Waals surface area contributed by atoms with E-state index in [2.05, 4.69) is 10.1 Å². The van der Waals surface area contributed by atoms with Gasteiger partial charge in [0.15, 0.2) is 5.78 Å². The molecule has 1 N–H and O–H groups in total. The van der Waals surface area contributed by atoms with Gasteiger partial charge in [-0.15, -0.1) is 0 Å². The van der Waals surface area contributed by atoms with Crippen molar-refractivity contribution in [3.05, 3.63) is 119 Å². The molecule has 0 aliphatic heterocycles. The summed E-state index contributed by atoms with van der Waals surface area (Å²) in [6.45, 7) is -0.541. The number of hydrogen-bond donors (Lipinski definition) is 1. The average molecular weight is 496 g/mol. The first-order chi connectivity index (χ1) is 16.8. The van der Waals surface area contributed by atoms with Crippen molar-refractivity contribution in [2.24, 2.45) is 0 Å². The van der Waals surface area contributed by atoms with Crippen molar-refractivity contribution in [3.8, 4) is 5.75 Å². The molecule has 0 radical (unpaired) electrons. The van der Waals surface area contributed by atoms with Gasteiger partial charge in [-0.1, -0.05) is 35.9 Å². The molecule has 6 nitrogen and oxygen atoms in total. The number of hydrogen-bond acceptors (Lipinski definition) is 5. The maximum Gasteiger partial charge on any atom is 0.185 e. The first kappa shape index (κ1) is 24.3. The molecule has 3 aromatic carbocycles. The molecule has 35 heavy (non-hydrogen) atoms. The molecule has 0 spiro atoms. The second-order valence-corrected chi connectivity index (χ2v) is 8.25. The summed E-state index contributed by atoms with van der Waals surface area (Å²) in [6.07, 6.45) is 5.78. The Balaban J connectivity index is 1.47. The molecule has 4 aromatic rings. The lowest BCUT2D eigenvalue weighted by molar-refractivity contribution is -0.0297. The molecule has 0 fully saturated rings. The highest BCUT2D eigenvalue weighted by molar-refractivity contribution is 6.30.